The van der Waals surface area contributed by atoms with Crippen LogP contribution in [0.25, 0.3) is 0 Å². The molecule has 0 aliphatic heterocycles. The summed E-state index contributed by atoms with van der Waals surface area (Å²) in [7, 11) is 1.54. The van der Waals surface area contributed by atoms with E-state index in [0.717, 1.165) is 0 Å². The van der Waals surface area contributed by atoms with E-state index in [-0.39, 0.29) is 25.2 Å². The highest BCUT2D eigenvalue weighted by Crippen LogP contribution is 2.27. The van der Waals surface area contributed by atoms with Crippen LogP contribution in [-0.4, -0.2) is 26.2 Å². The molecule has 0 aliphatic rings. The van der Waals surface area contributed by atoms with Gasteiger partial charge < -0.3 is 19.2 Å². The number of hydrogen-bond donors (Lipinski definition) is 1. The molecule has 0 spiro atoms. The molecule has 22 heavy (non-hydrogen) atoms. The first-order valence-corrected chi connectivity index (χ1v) is 7.26. The van der Waals surface area contributed by atoms with Crippen molar-refractivity contribution >= 4 is 29.1 Å². The summed E-state index contributed by atoms with van der Waals surface area (Å²) in [5.41, 5.74) is 0. The summed E-state index contributed by atoms with van der Waals surface area (Å²) in [5, 5.41) is 3.56. The zero-order valence-electron chi connectivity index (χ0n) is 11.8. The van der Waals surface area contributed by atoms with E-state index < -0.39 is 0 Å². The van der Waals surface area contributed by atoms with Gasteiger partial charge in [0, 0.05) is 12.1 Å². The zero-order chi connectivity index (χ0) is 15.9. The van der Waals surface area contributed by atoms with Gasteiger partial charge in [-0.2, -0.15) is 0 Å². The molecule has 1 N–H and O–H groups in total. The van der Waals surface area contributed by atoms with E-state index in [1.54, 1.807) is 43.7 Å². The molecule has 5 nitrogen and oxygen atoms in total. The largest absolute Gasteiger partial charge is 0.482 e. The van der Waals surface area contributed by atoms with Crippen molar-refractivity contribution in [2.24, 2.45) is 0 Å². The zero-order valence-corrected chi connectivity index (χ0v) is 13.4. The van der Waals surface area contributed by atoms with Crippen LogP contribution < -0.4 is 10.1 Å². The van der Waals surface area contributed by atoms with Gasteiger partial charge in [0.2, 0.25) is 0 Å². The molecule has 0 bridgehead atoms. The molecule has 118 valence electrons. The van der Waals surface area contributed by atoms with Gasteiger partial charge in [-0.3, -0.25) is 4.79 Å². The minimum atomic E-state index is -0.349. The Morgan fingerprint density at radius 3 is 2.82 bits per heavy atom. The Bertz CT molecular complexity index is 616. The average molecular weight is 344 g/mol. The first-order valence-electron chi connectivity index (χ1n) is 6.51. The van der Waals surface area contributed by atoms with Crippen molar-refractivity contribution in [2.75, 3.05) is 20.3 Å². The molecule has 1 aromatic heterocycles. The van der Waals surface area contributed by atoms with E-state index in [0.29, 0.717) is 21.6 Å². The fourth-order valence-electron chi connectivity index (χ4n) is 1.77. The highest BCUT2D eigenvalue weighted by molar-refractivity contribution is 6.35. The van der Waals surface area contributed by atoms with Crippen molar-refractivity contribution < 1.29 is 18.7 Å². The summed E-state index contributed by atoms with van der Waals surface area (Å²) in [6.45, 7) is 0.122. The first kappa shape index (κ1) is 16.7. The maximum atomic E-state index is 11.8. The number of ether oxygens (including phenoxy) is 2. The lowest BCUT2D eigenvalue weighted by Crippen LogP contribution is -2.32. The number of hydrogen-bond acceptors (Lipinski definition) is 4. The molecule has 7 heteroatoms. The van der Waals surface area contributed by atoms with Crippen LogP contribution in [0.15, 0.2) is 41.0 Å². The molecule has 1 amide bonds. The predicted octanol–water partition coefficient (Wildman–Crippen LogP) is 3.47. The van der Waals surface area contributed by atoms with E-state index in [9.17, 15) is 4.79 Å². The maximum Gasteiger partial charge on any atom is 0.258 e. The molecular formula is C15H15Cl2NO4. The minimum Gasteiger partial charge on any atom is -0.482 e. The fourth-order valence-corrected chi connectivity index (χ4v) is 2.23. The minimum absolute atomic E-state index is 0.157. The van der Waals surface area contributed by atoms with Gasteiger partial charge >= 0.3 is 0 Å². The number of carbonyl (C=O) groups excluding carboxylic acids is 1. The van der Waals surface area contributed by atoms with E-state index in [1.165, 1.54) is 0 Å². The fraction of sp³-hybridized carbons (Fsp3) is 0.267. The van der Waals surface area contributed by atoms with Crippen LogP contribution in [0.1, 0.15) is 11.9 Å². The van der Waals surface area contributed by atoms with Crippen LogP contribution in [0.3, 0.4) is 0 Å². The van der Waals surface area contributed by atoms with Crippen molar-refractivity contribution in [1.82, 2.24) is 5.32 Å². The number of carbonyl (C=O) groups is 1. The Morgan fingerprint density at radius 1 is 1.36 bits per heavy atom. The number of rotatable bonds is 7. The molecule has 2 aromatic rings. The summed E-state index contributed by atoms with van der Waals surface area (Å²) in [4.78, 5) is 11.8. The average Bonchev–Trinajstić information content (AvgIpc) is 3.01. The van der Waals surface area contributed by atoms with Crippen LogP contribution >= 0.6 is 23.2 Å². The molecule has 0 saturated carbocycles. The van der Waals surface area contributed by atoms with Crippen molar-refractivity contribution in [2.45, 2.75) is 6.10 Å². The Hall–Kier alpha value is -1.69. The SMILES string of the molecule is COC(CNC(=O)COc1ccc(Cl)cc1Cl)c1ccco1. The van der Waals surface area contributed by atoms with Crippen molar-refractivity contribution in [1.29, 1.82) is 0 Å². The normalized spacial score (nSPS) is 12.0. The summed E-state index contributed by atoms with van der Waals surface area (Å²) in [6.07, 6.45) is 1.20. The Balaban J connectivity index is 1.80. The second-order valence-electron chi connectivity index (χ2n) is 4.41. The van der Waals surface area contributed by atoms with Crippen molar-refractivity contribution in [3.8, 4) is 5.75 Å². The number of nitrogens with one attached hydrogen (secondary N) is 1. The van der Waals surface area contributed by atoms with Crippen molar-refractivity contribution in [3.05, 3.63) is 52.4 Å². The second-order valence-corrected chi connectivity index (χ2v) is 5.25. The highest BCUT2D eigenvalue weighted by Gasteiger charge is 2.15. The molecule has 0 radical (unpaired) electrons. The van der Waals surface area contributed by atoms with Crippen LogP contribution in [-0.2, 0) is 9.53 Å². The number of furan rings is 1. The number of benzene rings is 1. The van der Waals surface area contributed by atoms with Gasteiger partial charge in [0.25, 0.3) is 5.91 Å². The highest BCUT2D eigenvalue weighted by atomic mass is 35.5. The van der Waals surface area contributed by atoms with Gasteiger partial charge in [-0.15, -0.1) is 0 Å². The lowest BCUT2D eigenvalue weighted by molar-refractivity contribution is -0.123. The number of methoxy groups -OCH3 is 1. The van der Waals surface area contributed by atoms with Crippen LogP contribution in [0, 0.1) is 0 Å². The third-order valence-corrected chi connectivity index (χ3v) is 3.41. The Kier molecular flexibility index (Phi) is 6.12. The third-order valence-electron chi connectivity index (χ3n) is 2.88. The van der Waals surface area contributed by atoms with E-state index in [1.807, 2.05) is 0 Å². The second kappa shape index (κ2) is 8.08. The van der Waals surface area contributed by atoms with Gasteiger partial charge in [0.05, 0.1) is 17.8 Å². The number of halogens is 2. The van der Waals surface area contributed by atoms with Gasteiger partial charge in [-0.05, 0) is 30.3 Å². The molecule has 0 aliphatic carbocycles. The quantitative estimate of drug-likeness (QED) is 0.836. The smallest absolute Gasteiger partial charge is 0.258 e. The summed E-state index contributed by atoms with van der Waals surface area (Å²) in [6, 6.07) is 8.34. The molecule has 0 fully saturated rings. The van der Waals surface area contributed by atoms with Gasteiger partial charge in [0.1, 0.15) is 17.6 Å². The molecule has 1 atom stereocenters. The lowest BCUT2D eigenvalue weighted by Gasteiger charge is -2.14. The molecule has 1 aromatic carbocycles. The Labute approximate surface area is 138 Å². The maximum absolute atomic E-state index is 11.8. The standard InChI is InChI=1S/C15H15Cl2NO4/c1-20-14(13-3-2-6-21-13)8-18-15(19)9-22-12-5-4-10(16)7-11(12)17/h2-7,14H,8-9H2,1H3,(H,18,19). The van der Waals surface area contributed by atoms with E-state index in [4.69, 9.17) is 37.1 Å². The van der Waals surface area contributed by atoms with Gasteiger partial charge in [0.15, 0.2) is 6.61 Å². The van der Waals surface area contributed by atoms with E-state index in [2.05, 4.69) is 5.32 Å². The van der Waals surface area contributed by atoms with E-state index >= 15 is 0 Å². The molecule has 1 heterocycles. The molecule has 1 unspecified atom stereocenters. The Morgan fingerprint density at radius 2 is 2.18 bits per heavy atom. The van der Waals surface area contributed by atoms with Gasteiger partial charge in [-0.1, -0.05) is 23.2 Å². The van der Waals surface area contributed by atoms with Crippen LogP contribution in [0.4, 0.5) is 0 Å². The van der Waals surface area contributed by atoms with Crippen LogP contribution in [0.5, 0.6) is 5.75 Å². The number of amides is 1. The molecular weight excluding hydrogens is 329 g/mol. The topological polar surface area (TPSA) is 60.7 Å². The predicted molar refractivity (Wildman–Crippen MR) is 83.4 cm³/mol. The first-order chi connectivity index (χ1) is 10.6. The third kappa shape index (κ3) is 4.66. The summed E-state index contributed by atoms with van der Waals surface area (Å²) in [5.74, 6) is 0.750. The lowest BCUT2D eigenvalue weighted by atomic mass is 10.2. The van der Waals surface area contributed by atoms with Crippen molar-refractivity contribution in [3.63, 3.8) is 0 Å². The molecule has 0 saturated heterocycles. The molecule has 2 rings (SSSR count). The van der Waals surface area contributed by atoms with Crippen LogP contribution in [0.2, 0.25) is 10.0 Å². The van der Waals surface area contributed by atoms with Gasteiger partial charge in [-0.25, -0.2) is 0 Å². The summed E-state index contributed by atoms with van der Waals surface area (Å²) >= 11 is 11.7. The monoisotopic (exact) mass is 343 g/mol. The summed E-state index contributed by atoms with van der Waals surface area (Å²) < 4.78 is 15.8.